The van der Waals surface area contributed by atoms with E-state index in [1.54, 1.807) is 0 Å². The van der Waals surface area contributed by atoms with E-state index in [0.29, 0.717) is 5.88 Å². The lowest BCUT2D eigenvalue weighted by Gasteiger charge is -2.01. The number of alkyl halides is 3. The number of rotatable bonds is 5. The highest BCUT2D eigenvalue weighted by atomic mass is 79.9. The van der Waals surface area contributed by atoms with Gasteiger partial charge >= 0.3 is 0 Å². The molecule has 0 saturated heterocycles. The molecule has 0 spiro atoms. The van der Waals surface area contributed by atoms with Crippen LogP contribution < -0.4 is 0 Å². The number of hydrogen-bond acceptors (Lipinski definition) is 0. The van der Waals surface area contributed by atoms with Crippen LogP contribution in [0.2, 0.25) is 0 Å². The van der Waals surface area contributed by atoms with Crippen molar-refractivity contribution >= 4 is 39.1 Å². The van der Waals surface area contributed by atoms with Crippen molar-refractivity contribution in [2.24, 2.45) is 0 Å². The highest BCUT2D eigenvalue weighted by Gasteiger charge is 1.99. The summed E-state index contributed by atoms with van der Waals surface area (Å²) in [6.45, 7) is 0. The summed E-state index contributed by atoms with van der Waals surface area (Å²) in [5, 5.41) is 1.24. The zero-order chi connectivity index (χ0) is 7.11. The summed E-state index contributed by atoms with van der Waals surface area (Å²) in [7, 11) is 0. The van der Waals surface area contributed by atoms with E-state index in [-0.39, 0.29) is 5.38 Å². The predicted molar refractivity (Wildman–Crippen MR) is 48.0 cm³/mol. The van der Waals surface area contributed by atoms with Gasteiger partial charge in [0, 0.05) is 16.6 Å². The van der Waals surface area contributed by atoms with Crippen molar-refractivity contribution in [3.63, 3.8) is 0 Å². The fourth-order valence-corrected chi connectivity index (χ4v) is 1.24. The fourth-order valence-electron chi connectivity index (χ4n) is 0.537. The Balaban J connectivity index is 2.88. The Morgan fingerprint density at radius 1 is 1.33 bits per heavy atom. The molecule has 56 valence electrons. The van der Waals surface area contributed by atoms with Gasteiger partial charge in [0.1, 0.15) is 0 Å². The van der Waals surface area contributed by atoms with Crippen molar-refractivity contribution in [1.29, 1.82) is 0 Å². The van der Waals surface area contributed by atoms with Crippen LogP contribution in [0, 0.1) is 0 Å². The summed E-state index contributed by atoms with van der Waals surface area (Å²) in [5.74, 6) is 0.573. The molecule has 9 heavy (non-hydrogen) atoms. The summed E-state index contributed by atoms with van der Waals surface area (Å²) in [6, 6.07) is 0. The van der Waals surface area contributed by atoms with Crippen LogP contribution in [0.3, 0.4) is 0 Å². The van der Waals surface area contributed by atoms with Crippen LogP contribution in [0.15, 0.2) is 0 Å². The summed E-state index contributed by atoms with van der Waals surface area (Å²) in [4.78, 5) is 0. The number of unbranched alkanes of at least 4 members (excludes halogenated alkanes) is 1. The second-order valence-electron chi connectivity index (χ2n) is 1.94. The van der Waals surface area contributed by atoms with Crippen LogP contribution in [0.4, 0.5) is 0 Å². The number of halogens is 3. The smallest absolute Gasteiger partial charge is 0.0471 e. The van der Waals surface area contributed by atoms with Crippen LogP contribution in [-0.4, -0.2) is 16.6 Å². The molecule has 0 amide bonds. The molecule has 0 rings (SSSR count). The van der Waals surface area contributed by atoms with Gasteiger partial charge in [-0.2, -0.15) is 0 Å². The Hall–Kier alpha value is 1.06. The van der Waals surface area contributed by atoms with E-state index < -0.39 is 0 Å². The monoisotopic (exact) mass is 232 g/mol. The highest BCUT2D eigenvalue weighted by Crippen LogP contribution is 2.09. The highest BCUT2D eigenvalue weighted by molar-refractivity contribution is 9.09. The summed E-state index contributed by atoms with van der Waals surface area (Å²) in [5.41, 5.74) is 0. The van der Waals surface area contributed by atoms with Gasteiger partial charge in [0.25, 0.3) is 0 Å². The maximum absolute atomic E-state index is 5.75. The second-order valence-corrected chi connectivity index (χ2v) is 3.66. The minimum Gasteiger partial charge on any atom is -0.125 e. The molecule has 0 aliphatic carbocycles. The molecule has 0 aromatic heterocycles. The lowest BCUT2D eigenvalue weighted by Crippen LogP contribution is -1.99. The standard InChI is InChI=1S/C6H11BrCl2/c7-4-2-1-3-6(9)5-8/h6H,1-5H2/t6-/m1/s1. The third-order valence-corrected chi connectivity index (χ3v) is 2.53. The summed E-state index contributed by atoms with van der Waals surface area (Å²) >= 11 is 14.6. The van der Waals surface area contributed by atoms with Crippen molar-refractivity contribution in [2.75, 3.05) is 11.2 Å². The molecule has 0 saturated carbocycles. The Morgan fingerprint density at radius 3 is 2.44 bits per heavy atom. The molecular formula is C6H11BrCl2. The van der Waals surface area contributed by atoms with E-state index in [2.05, 4.69) is 15.9 Å². The lowest BCUT2D eigenvalue weighted by molar-refractivity contribution is 0.717. The van der Waals surface area contributed by atoms with Crippen molar-refractivity contribution in [3.05, 3.63) is 0 Å². The van der Waals surface area contributed by atoms with Crippen LogP contribution in [0.25, 0.3) is 0 Å². The lowest BCUT2D eigenvalue weighted by atomic mass is 10.2. The van der Waals surface area contributed by atoms with Gasteiger partial charge in [0.05, 0.1) is 0 Å². The maximum Gasteiger partial charge on any atom is 0.0471 e. The van der Waals surface area contributed by atoms with Gasteiger partial charge in [-0.15, -0.1) is 23.2 Å². The van der Waals surface area contributed by atoms with Gasteiger partial charge in [-0.3, -0.25) is 0 Å². The molecule has 0 radical (unpaired) electrons. The minimum absolute atomic E-state index is 0.172. The van der Waals surface area contributed by atoms with Gasteiger partial charge in [-0.1, -0.05) is 22.4 Å². The average Bonchev–Trinajstić information content (AvgIpc) is 1.89. The van der Waals surface area contributed by atoms with E-state index in [9.17, 15) is 0 Å². The zero-order valence-electron chi connectivity index (χ0n) is 5.25. The Labute approximate surface area is 75.0 Å². The van der Waals surface area contributed by atoms with Crippen LogP contribution in [0.1, 0.15) is 19.3 Å². The third-order valence-electron chi connectivity index (χ3n) is 1.07. The molecule has 1 atom stereocenters. The van der Waals surface area contributed by atoms with Gasteiger partial charge in [-0.05, 0) is 12.8 Å². The molecule has 0 unspecified atom stereocenters. The third kappa shape index (κ3) is 6.95. The molecule has 0 fully saturated rings. The zero-order valence-corrected chi connectivity index (χ0v) is 8.34. The first-order valence-corrected chi connectivity index (χ1v) is 5.16. The topological polar surface area (TPSA) is 0 Å². The Kier molecular flexibility index (Phi) is 8.01. The normalized spacial score (nSPS) is 13.7. The SMILES string of the molecule is ClC[C@H](Cl)CCCCBr. The summed E-state index contributed by atoms with van der Waals surface area (Å²) in [6.07, 6.45) is 3.41. The fraction of sp³-hybridized carbons (Fsp3) is 1.00. The van der Waals surface area contributed by atoms with E-state index in [4.69, 9.17) is 23.2 Å². The molecule has 0 aromatic carbocycles. The van der Waals surface area contributed by atoms with Crippen molar-refractivity contribution in [1.82, 2.24) is 0 Å². The van der Waals surface area contributed by atoms with Crippen molar-refractivity contribution < 1.29 is 0 Å². The molecule has 0 aliphatic heterocycles. The second kappa shape index (κ2) is 7.17. The Morgan fingerprint density at radius 2 is 2.00 bits per heavy atom. The first-order chi connectivity index (χ1) is 4.31. The largest absolute Gasteiger partial charge is 0.125 e. The van der Waals surface area contributed by atoms with Crippen LogP contribution in [0.5, 0.6) is 0 Å². The first-order valence-electron chi connectivity index (χ1n) is 3.07. The molecule has 0 aromatic rings. The Bertz CT molecular complexity index is 59.0. The number of hydrogen-bond donors (Lipinski definition) is 0. The first kappa shape index (κ1) is 10.1. The predicted octanol–water partition coefficient (Wildman–Crippen LogP) is 3.40. The minimum atomic E-state index is 0.172. The molecule has 0 aliphatic rings. The molecule has 0 nitrogen and oxygen atoms in total. The maximum atomic E-state index is 5.75. The van der Waals surface area contributed by atoms with E-state index in [0.717, 1.165) is 11.8 Å². The average molecular weight is 234 g/mol. The van der Waals surface area contributed by atoms with E-state index >= 15 is 0 Å². The molecule has 0 N–H and O–H groups in total. The molecular weight excluding hydrogens is 223 g/mol. The molecule has 0 bridgehead atoms. The van der Waals surface area contributed by atoms with E-state index in [1.165, 1.54) is 12.8 Å². The van der Waals surface area contributed by atoms with Crippen LogP contribution in [-0.2, 0) is 0 Å². The quantitative estimate of drug-likeness (QED) is 0.505. The van der Waals surface area contributed by atoms with Crippen LogP contribution >= 0.6 is 39.1 Å². The van der Waals surface area contributed by atoms with Gasteiger partial charge in [-0.25, -0.2) is 0 Å². The van der Waals surface area contributed by atoms with Gasteiger partial charge in [0.15, 0.2) is 0 Å². The molecule has 3 heteroatoms. The van der Waals surface area contributed by atoms with Crippen molar-refractivity contribution in [2.45, 2.75) is 24.6 Å². The van der Waals surface area contributed by atoms with E-state index in [1.807, 2.05) is 0 Å². The van der Waals surface area contributed by atoms with Gasteiger partial charge in [0.2, 0.25) is 0 Å². The summed E-state index contributed by atoms with van der Waals surface area (Å²) < 4.78 is 0. The van der Waals surface area contributed by atoms with Crippen molar-refractivity contribution in [3.8, 4) is 0 Å². The molecule has 0 heterocycles. The van der Waals surface area contributed by atoms with Gasteiger partial charge < -0.3 is 0 Å².